The molecule has 1 fully saturated rings. The summed E-state index contributed by atoms with van der Waals surface area (Å²) in [5.41, 5.74) is 0.914. The van der Waals surface area contributed by atoms with Gasteiger partial charge in [0.25, 0.3) is 0 Å². The van der Waals surface area contributed by atoms with Crippen molar-refractivity contribution < 1.29 is 9.21 Å². The van der Waals surface area contributed by atoms with E-state index in [4.69, 9.17) is 4.42 Å². The molecule has 0 unspecified atom stereocenters. The molecule has 1 aliphatic rings. The van der Waals surface area contributed by atoms with Crippen molar-refractivity contribution in [3.63, 3.8) is 0 Å². The van der Waals surface area contributed by atoms with Crippen LogP contribution in [0.25, 0.3) is 11.4 Å². The third kappa shape index (κ3) is 4.20. The van der Waals surface area contributed by atoms with Crippen molar-refractivity contribution in [3.05, 3.63) is 30.7 Å². The Hall–Kier alpha value is -2.02. The Labute approximate surface area is 158 Å². The zero-order chi connectivity index (χ0) is 18.7. The van der Waals surface area contributed by atoms with Crippen molar-refractivity contribution >= 4 is 17.7 Å². The minimum absolute atomic E-state index is 0.181. The number of allylic oxidation sites excluding steroid dienone is 1. The lowest BCUT2D eigenvalue weighted by Crippen LogP contribution is -2.37. The zero-order valence-corrected chi connectivity index (χ0v) is 16.5. The van der Waals surface area contributed by atoms with E-state index in [1.165, 1.54) is 11.8 Å². The van der Waals surface area contributed by atoms with Gasteiger partial charge in [-0.05, 0) is 31.7 Å². The molecule has 26 heavy (non-hydrogen) atoms. The SMILES string of the molecule is C=CCn1c(SCC(=O)N(CC(C)C)C2CC2)nnc1-c1ccoc1C. The van der Waals surface area contributed by atoms with Gasteiger partial charge in [-0.25, -0.2) is 0 Å². The number of hydrogen-bond donors (Lipinski definition) is 0. The third-order valence-corrected chi connectivity index (χ3v) is 5.27. The minimum atomic E-state index is 0.181. The van der Waals surface area contributed by atoms with Crippen LogP contribution in [0.1, 0.15) is 32.4 Å². The predicted molar refractivity (Wildman–Crippen MR) is 103 cm³/mol. The fraction of sp³-hybridized carbons (Fsp3) is 0.526. The van der Waals surface area contributed by atoms with Gasteiger partial charge in [0.2, 0.25) is 5.91 Å². The van der Waals surface area contributed by atoms with Crippen molar-refractivity contribution in [2.45, 2.75) is 51.4 Å². The average molecular weight is 375 g/mol. The first-order valence-corrected chi connectivity index (χ1v) is 10.0. The highest BCUT2D eigenvalue weighted by Crippen LogP contribution is 2.30. The first-order chi connectivity index (χ1) is 12.5. The average Bonchev–Trinajstić information content (AvgIpc) is 3.24. The molecule has 0 radical (unpaired) electrons. The lowest BCUT2D eigenvalue weighted by atomic mass is 10.2. The van der Waals surface area contributed by atoms with E-state index in [1.54, 1.807) is 6.26 Å². The first-order valence-electron chi connectivity index (χ1n) is 9.02. The minimum Gasteiger partial charge on any atom is -0.469 e. The number of thioether (sulfide) groups is 1. The molecule has 140 valence electrons. The number of nitrogens with zero attached hydrogens (tertiary/aromatic N) is 4. The van der Waals surface area contributed by atoms with E-state index in [9.17, 15) is 4.79 Å². The summed E-state index contributed by atoms with van der Waals surface area (Å²) in [5, 5.41) is 9.35. The summed E-state index contributed by atoms with van der Waals surface area (Å²) in [6, 6.07) is 2.32. The van der Waals surface area contributed by atoms with Crippen LogP contribution in [0.5, 0.6) is 0 Å². The Bertz CT molecular complexity index is 776. The van der Waals surface area contributed by atoms with Gasteiger partial charge in [0, 0.05) is 19.1 Å². The Kier molecular flexibility index (Phi) is 5.86. The summed E-state index contributed by atoms with van der Waals surface area (Å²) in [5.74, 6) is 2.58. The van der Waals surface area contributed by atoms with Gasteiger partial charge in [0.1, 0.15) is 5.76 Å². The molecule has 0 atom stereocenters. The van der Waals surface area contributed by atoms with Crippen molar-refractivity contribution in [1.82, 2.24) is 19.7 Å². The topological polar surface area (TPSA) is 64.2 Å². The lowest BCUT2D eigenvalue weighted by Gasteiger charge is -2.24. The molecule has 2 heterocycles. The molecule has 0 N–H and O–H groups in total. The summed E-state index contributed by atoms with van der Waals surface area (Å²) in [6.45, 7) is 11.4. The van der Waals surface area contributed by atoms with Gasteiger partial charge in [0.05, 0.1) is 17.6 Å². The molecule has 2 aromatic rings. The second kappa shape index (κ2) is 8.12. The molecule has 0 saturated heterocycles. The van der Waals surface area contributed by atoms with E-state index < -0.39 is 0 Å². The number of furan rings is 1. The smallest absolute Gasteiger partial charge is 0.233 e. The predicted octanol–water partition coefficient (Wildman–Crippen LogP) is 3.77. The first kappa shape index (κ1) is 18.8. The van der Waals surface area contributed by atoms with Crippen LogP contribution >= 0.6 is 11.8 Å². The van der Waals surface area contributed by atoms with E-state index >= 15 is 0 Å². The van der Waals surface area contributed by atoms with Crippen LogP contribution in [0.15, 0.2) is 34.6 Å². The molecule has 7 heteroatoms. The Morgan fingerprint density at radius 2 is 2.27 bits per heavy atom. The fourth-order valence-electron chi connectivity index (χ4n) is 2.95. The van der Waals surface area contributed by atoms with E-state index in [0.717, 1.165) is 41.7 Å². The summed E-state index contributed by atoms with van der Waals surface area (Å²) < 4.78 is 7.37. The van der Waals surface area contributed by atoms with E-state index in [1.807, 2.05) is 28.5 Å². The van der Waals surface area contributed by atoms with Crippen molar-refractivity contribution in [3.8, 4) is 11.4 Å². The molecule has 0 spiro atoms. The number of amides is 1. The standard InChI is InChI=1S/C19H26N4O2S/c1-5-9-22-18(16-8-10-25-14(16)4)20-21-19(22)26-12-17(24)23(11-13(2)3)15-6-7-15/h5,8,10,13,15H,1,6-7,9,11-12H2,2-4H3. The van der Waals surface area contributed by atoms with Gasteiger partial charge in [-0.2, -0.15) is 0 Å². The molecule has 1 saturated carbocycles. The van der Waals surface area contributed by atoms with Crippen LogP contribution < -0.4 is 0 Å². The van der Waals surface area contributed by atoms with Gasteiger partial charge < -0.3 is 9.32 Å². The molecule has 6 nitrogen and oxygen atoms in total. The van der Waals surface area contributed by atoms with Crippen molar-refractivity contribution in [2.75, 3.05) is 12.3 Å². The maximum absolute atomic E-state index is 12.7. The normalized spacial score (nSPS) is 14.0. The summed E-state index contributed by atoms with van der Waals surface area (Å²) in [6.07, 6.45) is 5.70. The number of aromatic nitrogens is 3. The number of rotatable bonds is 9. The molecule has 1 aliphatic carbocycles. The Balaban J connectivity index is 1.73. The van der Waals surface area contributed by atoms with Crippen LogP contribution in [0.2, 0.25) is 0 Å². The number of aryl methyl sites for hydroxylation is 1. The molecule has 0 aromatic carbocycles. The van der Waals surface area contributed by atoms with Gasteiger partial charge >= 0.3 is 0 Å². The van der Waals surface area contributed by atoms with Gasteiger partial charge in [-0.3, -0.25) is 9.36 Å². The third-order valence-electron chi connectivity index (χ3n) is 4.32. The monoisotopic (exact) mass is 374 g/mol. The van der Waals surface area contributed by atoms with Crippen LogP contribution in [-0.4, -0.2) is 43.9 Å². The van der Waals surface area contributed by atoms with Crippen LogP contribution in [-0.2, 0) is 11.3 Å². The van der Waals surface area contributed by atoms with Gasteiger partial charge in [-0.1, -0.05) is 31.7 Å². The van der Waals surface area contributed by atoms with Crippen LogP contribution in [0, 0.1) is 12.8 Å². The van der Waals surface area contributed by atoms with E-state index in [-0.39, 0.29) is 5.91 Å². The molecular weight excluding hydrogens is 348 g/mol. The molecule has 3 rings (SSSR count). The zero-order valence-electron chi connectivity index (χ0n) is 15.6. The van der Waals surface area contributed by atoms with Crippen molar-refractivity contribution in [1.29, 1.82) is 0 Å². The highest BCUT2D eigenvalue weighted by Gasteiger charge is 2.32. The highest BCUT2D eigenvalue weighted by atomic mass is 32.2. The summed E-state index contributed by atoms with van der Waals surface area (Å²) in [7, 11) is 0. The van der Waals surface area contributed by atoms with Gasteiger partial charge in [-0.15, -0.1) is 16.8 Å². The molecule has 1 amide bonds. The summed E-state index contributed by atoms with van der Waals surface area (Å²) >= 11 is 1.44. The molecule has 0 bridgehead atoms. The molecule has 2 aromatic heterocycles. The van der Waals surface area contributed by atoms with E-state index in [2.05, 4.69) is 30.6 Å². The van der Waals surface area contributed by atoms with Crippen molar-refractivity contribution in [2.24, 2.45) is 5.92 Å². The lowest BCUT2D eigenvalue weighted by molar-refractivity contribution is -0.129. The molecule has 0 aliphatic heterocycles. The quantitative estimate of drug-likeness (QED) is 0.494. The second-order valence-corrected chi connectivity index (χ2v) is 8.00. The Morgan fingerprint density at radius 3 is 2.85 bits per heavy atom. The Morgan fingerprint density at radius 1 is 1.50 bits per heavy atom. The van der Waals surface area contributed by atoms with E-state index in [0.29, 0.717) is 24.3 Å². The maximum atomic E-state index is 12.7. The van der Waals surface area contributed by atoms with Crippen LogP contribution in [0.4, 0.5) is 0 Å². The maximum Gasteiger partial charge on any atom is 0.233 e. The highest BCUT2D eigenvalue weighted by molar-refractivity contribution is 7.99. The largest absolute Gasteiger partial charge is 0.469 e. The molecular formula is C19H26N4O2S. The number of carbonyl (C=O) groups excluding carboxylic acids is 1. The number of hydrogen-bond acceptors (Lipinski definition) is 5. The second-order valence-electron chi connectivity index (χ2n) is 7.06. The fourth-order valence-corrected chi connectivity index (χ4v) is 3.78. The number of carbonyl (C=O) groups is 1. The van der Waals surface area contributed by atoms with Crippen LogP contribution in [0.3, 0.4) is 0 Å². The summed E-state index contributed by atoms with van der Waals surface area (Å²) in [4.78, 5) is 14.7. The van der Waals surface area contributed by atoms with Gasteiger partial charge in [0.15, 0.2) is 11.0 Å².